The van der Waals surface area contributed by atoms with Crippen molar-refractivity contribution in [3.8, 4) is 0 Å². The van der Waals surface area contributed by atoms with Crippen LogP contribution in [0, 0.1) is 0 Å². The zero-order valence-electron chi connectivity index (χ0n) is 12.3. The molecule has 0 aliphatic rings. The number of hydrogen-bond acceptors (Lipinski definition) is 3. The Hall–Kier alpha value is -1.95. The normalized spacial score (nSPS) is 10.4. The first-order valence-electron chi connectivity index (χ1n) is 7.00. The van der Waals surface area contributed by atoms with E-state index in [1.54, 1.807) is 54.6 Å². The third kappa shape index (κ3) is 3.59. The summed E-state index contributed by atoms with van der Waals surface area (Å²) in [6.07, 6.45) is 0. The van der Waals surface area contributed by atoms with Crippen molar-refractivity contribution in [2.75, 3.05) is 5.32 Å². The summed E-state index contributed by atoms with van der Waals surface area (Å²) in [6.45, 7) is 0. The number of amides is 1. The van der Waals surface area contributed by atoms with Crippen LogP contribution in [0.3, 0.4) is 0 Å². The molecule has 0 unspecified atom stereocenters. The van der Waals surface area contributed by atoms with E-state index >= 15 is 0 Å². The molecule has 0 fully saturated rings. The Morgan fingerprint density at radius 2 is 1.79 bits per heavy atom. The van der Waals surface area contributed by atoms with E-state index < -0.39 is 0 Å². The highest BCUT2D eigenvalue weighted by atomic mass is 79.9. The second kappa shape index (κ2) is 7.30. The van der Waals surface area contributed by atoms with E-state index in [2.05, 4.69) is 21.2 Å². The van der Waals surface area contributed by atoms with Gasteiger partial charge in [-0.2, -0.15) is 0 Å². The molecule has 0 bridgehead atoms. The summed E-state index contributed by atoms with van der Waals surface area (Å²) in [6, 6.07) is 15.5. The monoisotopic (exact) mass is 419 g/mol. The van der Waals surface area contributed by atoms with Gasteiger partial charge in [-0.1, -0.05) is 45.7 Å². The van der Waals surface area contributed by atoms with E-state index in [9.17, 15) is 9.59 Å². The van der Waals surface area contributed by atoms with Crippen molar-refractivity contribution in [3.05, 3.63) is 85.5 Å². The number of thiophene rings is 1. The van der Waals surface area contributed by atoms with Crippen LogP contribution in [-0.4, -0.2) is 11.7 Å². The summed E-state index contributed by atoms with van der Waals surface area (Å²) in [4.78, 5) is 25.7. The highest BCUT2D eigenvalue weighted by Crippen LogP contribution is 2.27. The molecular formula is C18H11BrClNO2S. The van der Waals surface area contributed by atoms with Gasteiger partial charge in [0.1, 0.15) is 0 Å². The van der Waals surface area contributed by atoms with Gasteiger partial charge in [-0.05, 0) is 41.8 Å². The lowest BCUT2D eigenvalue weighted by molar-refractivity contribution is 0.103. The summed E-state index contributed by atoms with van der Waals surface area (Å²) in [5.74, 6) is -0.496. The summed E-state index contributed by atoms with van der Waals surface area (Å²) in [7, 11) is 0. The van der Waals surface area contributed by atoms with Crippen molar-refractivity contribution in [2.24, 2.45) is 0 Å². The van der Waals surface area contributed by atoms with E-state index in [1.165, 1.54) is 11.3 Å². The van der Waals surface area contributed by atoms with Crippen molar-refractivity contribution in [3.63, 3.8) is 0 Å². The van der Waals surface area contributed by atoms with Crippen LogP contribution in [0.15, 0.2) is 64.5 Å². The molecule has 3 rings (SSSR count). The molecule has 0 radical (unpaired) electrons. The predicted molar refractivity (Wildman–Crippen MR) is 101 cm³/mol. The topological polar surface area (TPSA) is 46.2 Å². The number of halogens is 2. The van der Waals surface area contributed by atoms with Crippen LogP contribution in [0.5, 0.6) is 0 Å². The lowest BCUT2D eigenvalue weighted by Crippen LogP contribution is -2.14. The van der Waals surface area contributed by atoms with Gasteiger partial charge in [0.2, 0.25) is 0 Å². The molecule has 1 N–H and O–H groups in total. The highest BCUT2D eigenvalue weighted by Gasteiger charge is 2.18. The maximum Gasteiger partial charge on any atom is 0.265 e. The molecule has 2 aromatic carbocycles. The zero-order valence-corrected chi connectivity index (χ0v) is 15.4. The smallest absolute Gasteiger partial charge is 0.265 e. The first-order chi connectivity index (χ1) is 11.6. The standard InChI is InChI=1S/C18H11BrClNO2S/c19-11-7-8-15(21-18(23)16-6-3-9-24-16)13(10-11)17(22)12-4-1-2-5-14(12)20/h1-10H,(H,21,23). The van der Waals surface area contributed by atoms with Crippen molar-refractivity contribution in [1.82, 2.24) is 0 Å². The number of nitrogens with one attached hydrogen (secondary N) is 1. The minimum Gasteiger partial charge on any atom is -0.321 e. The minimum absolute atomic E-state index is 0.247. The van der Waals surface area contributed by atoms with Crippen LogP contribution in [-0.2, 0) is 0 Å². The largest absolute Gasteiger partial charge is 0.321 e. The van der Waals surface area contributed by atoms with Gasteiger partial charge in [0, 0.05) is 15.6 Å². The molecule has 1 amide bonds. The van der Waals surface area contributed by atoms with E-state index in [-0.39, 0.29) is 11.7 Å². The summed E-state index contributed by atoms with van der Waals surface area (Å²) >= 11 is 10.8. The van der Waals surface area contributed by atoms with Gasteiger partial charge in [-0.3, -0.25) is 9.59 Å². The van der Waals surface area contributed by atoms with E-state index in [1.807, 2.05) is 5.38 Å². The quantitative estimate of drug-likeness (QED) is 0.555. The molecule has 120 valence electrons. The SMILES string of the molecule is O=C(Nc1ccc(Br)cc1C(=O)c1ccccc1Cl)c1cccs1. The van der Waals surface area contributed by atoms with Crippen molar-refractivity contribution >= 4 is 56.2 Å². The average Bonchev–Trinajstić information content (AvgIpc) is 3.11. The fourth-order valence-electron chi connectivity index (χ4n) is 2.20. The number of anilines is 1. The molecular weight excluding hydrogens is 410 g/mol. The number of carbonyl (C=O) groups excluding carboxylic acids is 2. The first kappa shape index (κ1) is 16.9. The fraction of sp³-hybridized carbons (Fsp3) is 0. The molecule has 0 saturated heterocycles. The molecule has 3 nitrogen and oxygen atoms in total. The Labute approximate surface area is 156 Å². The van der Waals surface area contributed by atoms with Crippen LogP contribution in [0.4, 0.5) is 5.69 Å². The van der Waals surface area contributed by atoms with Crippen LogP contribution in [0.25, 0.3) is 0 Å². The maximum absolute atomic E-state index is 12.9. The molecule has 0 aliphatic heterocycles. The van der Waals surface area contributed by atoms with Crippen LogP contribution in [0.2, 0.25) is 5.02 Å². The second-order valence-corrected chi connectivity index (χ2v) is 7.20. The van der Waals surface area contributed by atoms with E-state index in [0.717, 1.165) is 4.47 Å². The van der Waals surface area contributed by atoms with Gasteiger partial charge in [0.15, 0.2) is 5.78 Å². The molecule has 1 heterocycles. The lowest BCUT2D eigenvalue weighted by Gasteiger charge is -2.11. The average molecular weight is 421 g/mol. The van der Waals surface area contributed by atoms with Crippen LogP contribution in [0.1, 0.15) is 25.6 Å². The lowest BCUT2D eigenvalue weighted by atomic mass is 10.0. The number of carbonyl (C=O) groups is 2. The summed E-state index contributed by atoms with van der Waals surface area (Å²) in [5.41, 5.74) is 1.22. The molecule has 24 heavy (non-hydrogen) atoms. The number of ketones is 1. The molecule has 0 saturated carbocycles. The molecule has 0 atom stereocenters. The van der Waals surface area contributed by atoms with Gasteiger partial charge in [0.25, 0.3) is 5.91 Å². The molecule has 3 aromatic rings. The maximum atomic E-state index is 12.9. The van der Waals surface area contributed by atoms with Gasteiger partial charge in [0.05, 0.1) is 15.6 Å². The molecule has 1 aromatic heterocycles. The summed E-state index contributed by atoms with van der Waals surface area (Å²) < 4.78 is 0.743. The van der Waals surface area contributed by atoms with Crippen LogP contribution < -0.4 is 5.32 Å². The Bertz CT molecular complexity index is 909. The summed E-state index contributed by atoms with van der Waals surface area (Å²) in [5, 5.41) is 5.00. The Morgan fingerprint density at radius 1 is 1.00 bits per heavy atom. The van der Waals surface area contributed by atoms with Gasteiger partial charge in [-0.25, -0.2) is 0 Å². The Kier molecular flexibility index (Phi) is 5.14. The number of benzene rings is 2. The van der Waals surface area contributed by atoms with Crippen molar-refractivity contribution in [2.45, 2.75) is 0 Å². The predicted octanol–water partition coefficient (Wildman–Crippen LogP) is 5.65. The van der Waals surface area contributed by atoms with Gasteiger partial charge < -0.3 is 5.32 Å². The Balaban J connectivity index is 1.98. The van der Waals surface area contributed by atoms with E-state index in [0.29, 0.717) is 26.7 Å². The third-order valence-corrected chi connectivity index (χ3v) is 5.03. The van der Waals surface area contributed by atoms with Crippen molar-refractivity contribution < 1.29 is 9.59 Å². The third-order valence-electron chi connectivity index (χ3n) is 3.34. The second-order valence-electron chi connectivity index (χ2n) is 4.93. The first-order valence-corrected chi connectivity index (χ1v) is 9.05. The highest BCUT2D eigenvalue weighted by molar-refractivity contribution is 9.10. The van der Waals surface area contributed by atoms with Crippen LogP contribution >= 0.6 is 38.9 Å². The fourth-order valence-corrected chi connectivity index (χ4v) is 3.40. The molecule has 0 aliphatic carbocycles. The van der Waals surface area contributed by atoms with Crippen molar-refractivity contribution in [1.29, 1.82) is 0 Å². The number of rotatable bonds is 4. The number of hydrogen-bond donors (Lipinski definition) is 1. The minimum atomic E-state index is -0.250. The molecule has 6 heteroatoms. The van der Waals surface area contributed by atoms with E-state index in [4.69, 9.17) is 11.6 Å². The van der Waals surface area contributed by atoms with Gasteiger partial charge in [-0.15, -0.1) is 11.3 Å². The zero-order chi connectivity index (χ0) is 17.1. The van der Waals surface area contributed by atoms with Gasteiger partial charge >= 0.3 is 0 Å². The Morgan fingerprint density at radius 3 is 2.50 bits per heavy atom. The molecule has 0 spiro atoms.